The minimum absolute atomic E-state index is 0.0250. The van der Waals surface area contributed by atoms with Gasteiger partial charge in [-0.05, 0) is 61.5 Å². The summed E-state index contributed by atoms with van der Waals surface area (Å²) in [5, 5.41) is 6.16. The van der Waals surface area contributed by atoms with Crippen LogP contribution in [0.25, 0.3) is 0 Å². The molecular formula is C30H40N4O3. The van der Waals surface area contributed by atoms with Crippen LogP contribution in [0.1, 0.15) is 49.8 Å². The summed E-state index contributed by atoms with van der Waals surface area (Å²) in [6.45, 7) is 5.08. The van der Waals surface area contributed by atoms with E-state index in [0.717, 1.165) is 31.2 Å². The van der Waals surface area contributed by atoms with E-state index in [9.17, 15) is 14.4 Å². The summed E-state index contributed by atoms with van der Waals surface area (Å²) in [6, 6.07) is 14.8. The fraction of sp³-hybridized carbons (Fsp3) is 0.500. The lowest BCUT2D eigenvalue weighted by Crippen LogP contribution is -2.66. The quantitative estimate of drug-likeness (QED) is 0.518. The molecule has 2 aromatic carbocycles. The maximum Gasteiger partial charge on any atom is 0.246 e. The van der Waals surface area contributed by atoms with Gasteiger partial charge in [0.25, 0.3) is 0 Å². The number of carbonyl (C=O) groups is 3. The van der Waals surface area contributed by atoms with E-state index in [4.69, 9.17) is 0 Å². The van der Waals surface area contributed by atoms with Crippen molar-refractivity contribution in [2.75, 3.05) is 26.0 Å². The van der Waals surface area contributed by atoms with Gasteiger partial charge in [-0.2, -0.15) is 0 Å². The third-order valence-electron chi connectivity index (χ3n) is 7.92. The zero-order valence-electron chi connectivity index (χ0n) is 22.5. The maximum absolute atomic E-state index is 14.1. The van der Waals surface area contributed by atoms with Crippen molar-refractivity contribution in [2.24, 2.45) is 11.8 Å². The van der Waals surface area contributed by atoms with Gasteiger partial charge in [0.05, 0.1) is 0 Å². The Kier molecular flexibility index (Phi) is 8.64. The lowest BCUT2D eigenvalue weighted by Gasteiger charge is -2.44. The largest absolute Gasteiger partial charge is 0.342 e. The number of nitrogens with one attached hydrogen (secondary N) is 2. The zero-order chi connectivity index (χ0) is 26.5. The molecule has 7 nitrogen and oxygen atoms in total. The van der Waals surface area contributed by atoms with Gasteiger partial charge in [-0.15, -0.1) is 0 Å². The molecule has 1 aliphatic heterocycles. The second-order valence-electron chi connectivity index (χ2n) is 10.7. The van der Waals surface area contributed by atoms with Crippen LogP contribution < -0.4 is 10.6 Å². The van der Waals surface area contributed by atoms with Crippen molar-refractivity contribution >= 4 is 23.4 Å². The molecule has 0 bridgehead atoms. The lowest BCUT2D eigenvalue weighted by molar-refractivity contribution is -0.154. The molecule has 0 saturated carbocycles. The van der Waals surface area contributed by atoms with Crippen molar-refractivity contribution in [3.05, 3.63) is 65.2 Å². The topological polar surface area (TPSA) is 81.8 Å². The van der Waals surface area contributed by atoms with Crippen LogP contribution in [0, 0.1) is 11.8 Å². The molecule has 37 heavy (non-hydrogen) atoms. The summed E-state index contributed by atoms with van der Waals surface area (Å²) >= 11 is 0. The molecule has 2 aliphatic rings. The maximum atomic E-state index is 14.1. The van der Waals surface area contributed by atoms with Gasteiger partial charge >= 0.3 is 0 Å². The highest BCUT2D eigenvalue weighted by atomic mass is 16.2. The van der Waals surface area contributed by atoms with Crippen LogP contribution >= 0.6 is 0 Å². The number of nitrogens with zero attached hydrogens (tertiary/aromatic N) is 2. The van der Waals surface area contributed by atoms with Crippen LogP contribution in [0.4, 0.5) is 5.69 Å². The van der Waals surface area contributed by atoms with Crippen molar-refractivity contribution in [3.63, 3.8) is 0 Å². The van der Waals surface area contributed by atoms with Gasteiger partial charge in [-0.25, -0.2) is 0 Å². The van der Waals surface area contributed by atoms with Gasteiger partial charge in [-0.3, -0.25) is 14.4 Å². The van der Waals surface area contributed by atoms with Crippen LogP contribution in [-0.4, -0.2) is 60.2 Å². The van der Waals surface area contributed by atoms with Crippen molar-refractivity contribution in [1.82, 2.24) is 15.1 Å². The first-order valence-electron chi connectivity index (χ1n) is 13.5. The summed E-state index contributed by atoms with van der Waals surface area (Å²) in [7, 11) is 3.87. The number of hydrogen-bond donors (Lipinski definition) is 2. The predicted octanol–water partition coefficient (Wildman–Crippen LogP) is 3.62. The molecule has 3 amide bonds. The molecule has 1 fully saturated rings. The van der Waals surface area contributed by atoms with Gasteiger partial charge in [-0.1, -0.05) is 69.2 Å². The highest BCUT2D eigenvalue weighted by Crippen LogP contribution is 2.34. The van der Waals surface area contributed by atoms with E-state index in [1.54, 1.807) is 4.90 Å². The number of carbonyl (C=O) groups excluding carboxylic acids is 3. The first-order chi connectivity index (χ1) is 17.8. The number of benzene rings is 2. The predicted molar refractivity (Wildman–Crippen MR) is 146 cm³/mol. The number of para-hydroxylation sites is 1. The molecule has 0 radical (unpaired) electrons. The van der Waals surface area contributed by atoms with Crippen LogP contribution in [0.15, 0.2) is 48.5 Å². The number of hydrogen-bond acceptors (Lipinski definition) is 4. The van der Waals surface area contributed by atoms with Crippen molar-refractivity contribution in [2.45, 2.75) is 64.6 Å². The second-order valence-corrected chi connectivity index (χ2v) is 10.7. The van der Waals surface area contributed by atoms with Gasteiger partial charge in [0.1, 0.15) is 12.1 Å². The van der Waals surface area contributed by atoms with E-state index >= 15 is 0 Å². The Labute approximate surface area is 220 Å². The zero-order valence-corrected chi connectivity index (χ0v) is 22.5. The SMILES string of the molecule is CCC(CC)[C@@H]1C(=O)N[C@H](C2Cc3ccccc3C2)C(=O)N1Cc1ccccc1NC(=O)CCN(C)C. The molecule has 198 valence electrons. The highest BCUT2D eigenvalue weighted by molar-refractivity contribution is 5.98. The third kappa shape index (κ3) is 6.04. The average molecular weight is 505 g/mol. The highest BCUT2D eigenvalue weighted by Gasteiger charge is 2.47. The molecule has 2 aromatic rings. The number of anilines is 1. The molecule has 0 aromatic heterocycles. The number of amides is 3. The standard InChI is InChI=1S/C30H40N4O3/c1-5-20(6-2)28-29(36)32-27(24-17-21-11-7-8-12-22(21)18-24)30(37)34(28)19-23-13-9-10-14-25(23)31-26(35)15-16-33(3)4/h7-14,20,24,27-28H,5-6,15-19H2,1-4H3,(H,31,35)(H,32,36)/t27-,28-/m1/s1. The van der Waals surface area contributed by atoms with E-state index in [1.165, 1.54) is 11.1 Å². The minimum atomic E-state index is -0.549. The van der Waals surface area contributed by atoms with Crippen LogP contribution in [0.5, 0.6) is 0 Å². The van der Waals surface area contributed by atoms with Crippen molar-refractivity contribution < 1.29 is 14.4 Å². The van der Waals surface area contributed by atoms with E-state index in [2.05, 4.69) is 36.6 Å². The van der Waals surface area contributed by atoms with Crippen molar-refractivity contribution in [1.29, 1.82) is 0 Å². The van der Waals surface area contributed by atoms with Gasteiger partial charge in [0.15, 0.2) is 0 Å². The fourth-order valence-electron chi connectivity index (χ4n) is 5.79. The van der Waals surface area contributed by atoms with E-state index < -0.39 is 12.1 Å². The van der Waals surface area contributed by atoms with E-state index in [0.29, 0.717) is 18.7 Å². The van der Waals surface area contributed by atoms with Gasteiger partial charge in [0.2, 0.25) is 17.7 Å². The fourth-order valence-corrected chi connectivity index (χ4v) is 5.79. The summed E-state index contributed by atoms with van der Waals surface area (Å²) in [6.07, 6.45) is 3.57. The Morgan fingerprint density at radius 3 is 2.27 bits per heavy atom. The van der Waals surface area contributed by atoms with E-state index in [1.807, 2.05) is 55.4 Å². The summed E-state index contributed by atoms with van der Waals surface area (Å²) in [5.41, 5.74) is 4.05. The first kappa shape index (κ1) is 26.9. The minimum Gasteiger partial charge on any atom is -0.342 e. The summed E-state index contributed by atoms with van der Waals surface area (Å²) in [4.78, 5) is 44.0. The molecule has 1 aliphatic carbocycles. The van der Waals surface area contributed by atoms with E-state index in [-0.39, 0.29) is 36.1 Å². The van der Waals surface area contributed by atoms with Crippen molar-refractivity contribution in [3.8, 4) is 0 Å². The molecule has 7 heteroatoms. The molecule has 2 N–H and O–H groups in total. The number of fused-ring (bicyclic) bond motifs is 1. The molecule has 4 rings (SSSR count). The lowest BCUT2D eigenvalue weighted by atomic mass is 9.86. The first-order valence-corrected chi connectivity index (χ1v) is 13.5. The molecule has 0 unspecified atom stereocenters. The van der Waals surface area contributed by atoms with Crippen LogP contribution in [0.3, 0.4) is 0 Å². The Hall–Kier alpha value is -3.19. The normalized spacial score (nSPS) is 19.9. The Bertz CT molecular complexity index is 1100. The summed E-state index contributed by atoms with van der Waals surface area (Å²) < 4.78 is 0. The molecule has 1 saturated heterocycles. The monoisotopic (exact) mass is 504 g/mol. The Morgan fingerprint density at radius 1 is 1.03 bits per heavy atom. The number of piperazine rings is 1. The van der Waals surface area contributed by atoms with Crippen LogP contribution in [0.2, 0.25) is 0 Å². The van der Waals surface area contributed by atoms with Gasteiger partial charge in [0, 0.05) is 25.2 Å². The smallest absolute Gasteiger partial charge is 0.246 e. The Morgan fingerprint density at radius 2 is 1.65 bits per heavy atom. The third-order valence-corrected chi connectivity index (χ3v) is 7.92. The summed E-state index contributed by atoms with van der Waals surface area (Å²) in [5.74, 6) is -0.0562. The second kappa shape index (κ2) is 11.9. The van der Waals surface area contributed by atoms with Gasteiger partial charge < -0.3 is 20.4 Å². The number of rotatable bonds is 10. The molecule has 1 heterocycles. The molecule has 0 spiro atoms. The average Bonchev–Trinajstić information content (AvgIpc) is 3.32. The molecule has 2 atom stereocenters. The molecular weight excluding hydrogens is 464 g/mol. The Balaban J connectivity index is 1.60. The van der Waals surface area contributed by atoms with Crippen LogP contribution in [-0.2, 0) is 33.8 Å².